The van der Waals surface area contributed by atoms with Crippen LogP contribution in [-0.4, -0.2) is 71.9 Å². The Morgan fingerprint density at radius 2 is 1.50 bits per heavy atom. The molecule has 1 aromatic heterocycles. The second-order valence-electron chi connectivity index (χ2n) is 7.43. The van der Waals surface area contributed by atoms with Gasteiger partial charge in [-0.25, -0.2) is 0 Å². The molecule has 1 aliphatic rings. The number of fused-ring (bicyclic) bond motifs is 1. The molecular weight excluding hydrogens is 428 g/mol. The molecule has 2 heterocycles. The lowest BCUT2D eigenvalue weighted by Crippen LogP contribution is -2.55. The Bertz CT molecular complexity index is 1220. The van der Waals surface area contributed by atoms with Crippen molar-refractivity contribution in [2.45, 2.75) is 30.5 Å². The SMILES string of the molecule is O=c1cc(-c2ccc(O)cc2)oc2c(O)c(O)c(C3OC(CO)C(O)C(O)C3O)c(O)c12. The van der Waals surface area contributed by atoms with Crippen molar-refractivity contribution in [3.8, 4) is 34.3 Å². The van der Waals surface area contributed by atoms with Crippen LogP contribution in [0.25, 0.3) is 22.3 Å². The van der Waals surface area contributed by atoms with E-state index in [1.165, 1.54) is 24.3 Å². The van der Waals surface area contributed by atoms with Gasteiger partial charge in [-0.15, -0.1) is 0 Å². The zero-order chi connectivity index (χ0) is 23.3. The maximum Gasteiger partial charge on any atom is 0.202 e. The van der Waals surface area contributed by atoms with Crippen LogP contribution in [0.1, 0.15) is 11.7 Å². The molecule has 8 N–H and O–H groups in total. The minimum atomic E-state index is -1.88. The van der Waals surface area contributed by atoms with Crippen LogP contribution < -0.4 is 5.43 Å². The normalized spacial score (nSPS) is 25.8. The van der Waals surface area contributed by atoms with Crippen LogP contribution in [0.5, 0.6) is 23.0 Å². The molecule has 0 amide bonds. The fourth-order valence-electron chi connectivity index (χ4n) is 3.74. The first kappa shape index (κ1) is 21.9. The number of aromatic hydroxyl groups is 4. The summed E-state index contributed by atoms with van der Waals surface area (Å²) in [5, 5.41) is 80.4. The van der Waals surface area contributed by atoms with Gasteiger partial charge in [-0.2, -0.15) is 0 Å². The first-order chi connectivity index (χ1) is 15.1. The molecule has 0 saturated carbocycles. The first-order valence-electron chi connectivity index (χ1n) is 9.50. The molecule has 4 rings (SSSR count). The second kappa shape index (κ2) is 7.97. The largest absolute Gasteiger partial charge is 0.508 e. The van der Waals surface area contributed by atoms with Crippen molar-refractivity contribution >= 4 is 11.0 Å². The van der Waals surface area contributed by atoms with E-state index in [9.17, 15) is 45.6 Å². The number of phenolic OH excluding ortho intramolecular Hbond substituents is 4. The van der Waals surface area contributed by atoms with E-state index in [4.69, 9.17) is 9.15 Å². The summed E-state index contributed by atoms with van der Waals surface area (Å²) >= 11 is 0. The van der Waals surface area contributed by atoms with Gasteiger partial charge in [0, 0.05) is 11.6 Å². The number of ether oxygens (including phenoxy) is 1. The molecule has 0 bridgehead atoms. The van der Waals surface area contributed by atoms with Crippen LogP contribution in [0.15, 0.2) is 39.5 Å². The number of hydrogen-bond acceptors (Lipinski definition) is 11. The highest BCUT2D eigenvalue weighted by molar-refractivity contribution is 5.93. The number of phenols is 4. The van der Waals surface area contributed by atoms with E-state index in [0.29, 0.717) is 5.56 Å². The van der Waals surface area contributed by atoms with Crippen LogP contribution in [0, 0.1) is 0 Å². The summed E-state index contributed by atoms with van der Waals surface area (Å²) in [6.45, 7) is -0.763. The summed E-state index contributed by atoms with van der Waals surface area (Å²) in [5.74, 6) is -2.88. The molecule has 5 unspecified atom stereocenters. The molecule has 1 fully saturated rings. The van der Waals surface area contributed by atoms with E-state index in [0.717, 1.165) is 6.07 Å². The third-order valence-corrected chi connectivity index (χ3v) is 5.46. The van der Waals surface area contributed by atoms with Gasteiger partial charge in [-0.1, -0.05) is 0 Å². The van der Waals surface area contributed by atoms with Crippen molar-refractivity contribution in [3.05, 3.63) is 46.1 Å². The zero-order valence-electron chi connectivity index (χ0n) is 16.3. The van der Waals surface area contributed by atoms with Crippen molar-refractivity contribution in [1.82, 2.24) is 0 Å². The summed E-state index contributed by atoms with van der Waals surface area (Å²) in [5.41, 5.74) is -1.63. The molecule has 11 nitrogen and oxygen atoms in total. The van der Waals surface area contributed by atoms with Crippen molar-refractivity contribution in [2.24, 2.45) is 0 Å². The number of aliphatic hydroxyl groups excluding tert-OH is 4. The molecule has 32 heavy (non-hydrogen) atoms. The lowest BCUT2D eigenvalue weighted by molar-refractivity contribution is -0.232. The lowest BCUT2D eigenvalue weighted by Gasteiger charge is -2.40. The molecule has 170 valence electrons. The summed E-state index contributed by atoms with van der Waals surface area (Å²) in [7, 11) is 0. The Hall–Kier alpha value is -3.35. The van der Waals surface area contributed by atoms with Gasteiger partial charge < -0.3 is 50.0 Å². The van der Waals surface area contributed by atoms with E-state index in [1.807, 2.05) is 0 Å². The molecule has 0 radical (unpaired) electrons. The van der Waals surface area contributed by atoms with Crippen molar-refractivity contribution < 1.29 is 50.0 Å². The topological polar surface area (TPSA) is 201 Å². The van der Waals surface area contributed by atoms with E-state index in [1.54, 1.807) is 0 Å². The fourth-order valence-corrected chi connectivity index (χ4v) is 3.74. The maximum absolute atomic E-state index is 12.8. The summed E-state index contributed by atoms with van der Waals surface area (Å²) in [4.78, 5) is 12.8. The second-order valence-corrected chi connectivity index (χ2v) is 7.43. The Balaban J connectivity index is 1.91. The van der Waals surface area contributed by atoms with Gasteiger partial charge in [0.2, 0.25) is 5.75 Å². The van der Waals surface area contributed by atoms with Gasteiger partial charge in [0.15, 0.2) is 16.8 Å². The van der Waals surface area contributed by atoms with Gasteiger partial charge in [0.1, 0.15) is 53.2 Å². The number of aliphatic hydroxyl groups is 4. The summed E-state index contributed by atoms with van der Waals surface area (Å²) in [6, 6.07) is 6.59. The molecule has 5 atom stereocenters. The highest BCUT2D eigenvalue weighted by Crippen LogP contribution is 2.49. The first-order valence-corrected chi connectivity index (χ1v) is 9.50. The maximum atomic E-state index is 12.8. The van der Waals surface area contributed by atoms with E-state index in [-0.39, 0.29) is 11.5 Å². The van der Waals surface area contributed by atoms with E-state index >= 15 is 0 Å². The van der Waals surface area contributed by atoms with Crippen LogP contribution in [0.3, 0.4) is 0 Å². The Kier molecular flexibility index (Phi) is 5.44. The van der Waals surface area contributed by atoms with Crippen LogP contribution in [0.2, 0.25) is 0 Å². The minimum absolute atomic E-state index is 0.0285. The molecule has 0 aliphatic carbocycles. The van der Waals surface area contributed by atoms with Gasteiger partial charge in [0.05, 0.1) is 12.2 Å². The van der Waals surface area contributed by atoms with E-state index in [2.05, 4.69) is 0 Å². The Morgan fingerprint density at radius 1 is 0.844 bits per heavy atom. The van der Waals surface area contributed by atoms with Crippen molar-refractivity contribution in [1.29, 1.82) is 0 Å². The molecule has 2 aromatic carbocycles. The molecule has 3 aromatic rings. The fraction of sp³-hybridized carbons (Fsp3) is 0.286. The summed E-state index contributed by atoms with van der Waals surface area (Å²) in [6.07, 6.45) is -8.47. The van der Waals surface area contributed by atoms with Crippen LogP contribution in [-0.2, 0) is 4.74 Å². The average molecular weight is 448 g/mol. The summed E-state index contributed by atoms with van der Waals surface area (Å²) < 4.78 is 10.9. The third-order valence-electron chi connectivity index (χ3n) is 5.46. The lowest BCUT2D eigenvalue weighted by atomic mass is 9.89. The Labute approximate surface area is 179 Å². The minimum Gasteiger partial charge on any atom is -0.508 e. The van der Waals surface area contributed by atoms with Crippen molar-refractivity contribution in [2.75, 3.05) is 6.61 Å². The monoisotopic (exact) mass is 448 g/mol. The van der Waals surface area contributed by atoms with Gasteiger partial charge in [-0.3, -0.25) is 4.79 Å². The number of benzene rings is 2. The Morgan fingerprint density at radius 3 is 2.12 bits per heavy atom. The van der Waals surface area contributed by atoms with Crippen molar-refractivity contribution in [3.63, 3.8) is 0 Å². The van der Waals surface area contributed by atoms with Gasteiger partial charge in [-0.05, 0) is 24.3 Å². The molecular formula is C21H20O11. The highest BCUT2D eigenvalue weighted by atomic mass is 16.5. The average Bonchev–Trinajstić information content (AvgIpc) is 2.77. The zero-order valence-corrected chi connectivity index (χ0v) is 16.3. The number of rotatable bonds is 3. The molecule has 0 spiro atoms. The molecule has 1 aliphatic heterocycles. The van der Waals surface area contributed by atoms with E-state index < -0.39 is 76.3 Å². The van der Waals surface area contributed by atoms with Crippen LogP contribution in [0.4, 0.5) is 0 Å². The smallest absolute Gasteiger partial charge is 0.202 e. The predicted molar refractivity (Wildman–Crippen MR) is 107 cm³/mol. The molecule has 1 saturated heterocycles. The quantitative estimate of drug-likeness (QED) is 0.195. The van der Waals surface area contributed by atoms with Gasteiger partial charge >= 0.3 is 0 Å². The number of hydrogen-bond donors (Lipinski definition) is 8. The highest BCUT2D eigenvalue weighted by Gasteiger charge is 2.46. The molecule has 11 heteroatoms. The van der Waals surface area contributed by atoms with Crippen LogP contribution >= 0.6 is 0 Å². The predicted octanol–water partition coefficient (Wildman–Crippen LogP) is -0.203. The van der Waals surface area contributed by atoms with Gasteiger partial charge in [0.25, 0.3) is 0 Å². The standard InChI is InChI=1S/C21H20O11/c22-6-11-14(25)17(28)19(30)21(32-11)13-15(26)12-9(24)5-10(7-1-3-8(23)4-2-7)31-20(12)18(29)16(13)27/h1-5,11,14,17,19,21-23,25-30H,6H2. The third kappa shape index (κ3) is 3.32.